The first kappa shape index (κ1) is 15.1. The molecular formula is C16H21N3O2. The van der Waals surface area contributed by atoms with Crippen LogP contribution in [0.4, 0.5) is 5.69 Å². The Morgan fingerprint density at radius 2 is 2.19 bits per heavy atom. The van der Waals surface area contributed by atoms with Crippen molar-refractivity contribution in [2.45, 2.75) is 26.8 Å². The van der Waals surface area contributed by atoms with Crippen molar-refractivity contribution in [3.05, 3.63) is 46.8 Å². The van der Waals surface area contributed by atoms with Gasteiger partial charge in [-0.1, -0.05) is 13.0 Å². The summed E-state index contributed by atoms with van der Waals surface area (Å²) < 4.78 is 6.62. The van der Waals surface area contributed by atoms with Gasteiger partial charge in [0.1, 0.15) is 0 Å². The van der Waals surface area contributed by atoms with E-state index in [1.165, 1.54) is 12.7 Å². The van der Waals surface area contributed by atoms with Crippen molar-refractivity contribution >= 4 is 11.7 Å². The number of rotatable bonds is 5. The Bertz CT molecular complexity index is 647. The maximum Gasteiger partial charge on any atom is 0.338 e. The molecule has 2 aromatic rings. The molecule has 0 bridgehead atoms. The van der Waals surface area contributed by atoms with E-state index in [0.29, 0.717) is 12.1 Å². The van der Waals surface area contributed by atoms with Crippen molar-refractivity contribution in [1.29, 1.82) is 0 Å². The fourth-order valence-electron chi connectivity index (χ4n) is 2.38. The summed E-state index contributed by atoms with van der Waals surface area (Å²) in [5.41, 5.74) is 4.68. The maximum absolute atomic E-state index is 11.7. The molecule has 0 saturated carbocycles. The Morgan fingerprint density at radius 3 is 2.86 bits per heavy atom. The quantitative estimate of drug-likeness (QED) is 0.859. The molecule has 2 rings (SSSR count). The Hall–Kier alpha value is -2.30. The molecular weight excluding hydrogens is 266 g/mol. The molecule has 21 heavy (non-hydrogen) atoms. The molecule has 112 valence electrons. The van der Waals surface area contributed by atoms with Gasteiger partial charge in [-0.2, -0.15) is 5.10 Å². The monoisotopic (exact) mass is 287 g/mol. The van der Waals surface area contributed by atoms with Crippen LogP contribution in [0, 0.1) is 6.92 Å². The zero-order valence-electron chi connectivity index (χ0n) is 12.9. The number of hydrogen-bond acceptors (Lipinski definition) is 4. The third kappa shape index (κ3) is 3.24. The van der Waals surface area contributed by atoms with Gasteiger partial charge < -0.3 is 10.1 Å². The molecule has 5 nitrogen and oxygen atoms in total. The van der Waals surface area contributed by atoms with E-state index in [1.54, 1.807) is 6.07 Å². The van der Waals surface area contributed by atoms with Gasteiger partial charge in [0.05, 0.1) is 18.4 Å². The highest BCUT2D eigenvalue weighted by atomic mass is 16.5. The second kappa shape index (κ2) is 6.43. The number of aryl methyl sites for hydroxylation is 2. The number of methoxy groups -OCH3 is 1. The van der Waals surface area contributed by atoms with Crippen LogP contribution in [0.25, 0.3) is 0 Å². The normalized spacial score (nSPS) is 10.5. The third-order valence-electron chi connectivity index (χ3n) is 3.54. The standard InChI is InChI=1S/C16H21N3O2/c1-5-14-12(10-19(3)18-14)9-17-15-8-6-7-13(11(15)2)16(20)21-4/h6-8,10,17H,5,9H2,1-4H3. The summed E-state index contributed by atoms with van der Waals surface area (Å²) in [6.07, 6.45) is 2.92. The first-order chi connectivity index (χ1) is 10.1. The zero-order chi connectivity index (χ0) is 15.4. The van der Waals surface area contributed by atoms with Crippen molar-refractivity contribution in [2.75, 3.05) is 12.4 Å². The largest absolute Gasteiger partial charge is 0.465 e. The van der Waals surface area contributed by atoms with Gasteiger partial charge in [-0.25, -0.2) is 4.79 Å². The first-order valence-electron chi connectivity index (χ1n) is 7.00. The van der Waals surface area contributed by atoms with Crippen LogP contribution in [0.2, 0.25) is 0 Å². The Kier molecular flexibility index (Phi) is 4.62. The number of esters is 1. The summed E-state index contributed by atoms with van der Waals surface area (Å²) in [5, 5.41) is 7.80. The van der Waals surface area contributed by atoms with Crippen LogP contribution >= 0.6 is 0 Å². The molecule has 1 N–H and O–H groups in total. The lowest BCUT2D eigenvalue weighted by molar-refractivity contribution is 0.0600. The minimum atomic E-state index is -0.313. The van der Waals surface area contributed by atoms with Crippen LogP contribution in [0.3, 0.4) is 0 Å². The number of carbonyl (C=O) groups excluding carboxylic acids is 1. The molecule has 0 fully saturated rings. The summed E-state index contributed by atoms with van der Waals surface area (Å²) in [7, 11) is 3.32. The molecule has 0 aliphatic rings. The second-order valence-electron chi connectivity index (χ2n) is 4.95. The van der Waals surface area contributed by atoms with Crippen LogP contribution < -0.4 is 5.32 Å². The Labute approximate surface area is 124 Å². The highest BCUT2D eigenvalue weighted by molar-refractivity contribution is 5.92. The fraction of sp³-hybridized carbons (Fsp3) is 0.375. The van der Waals surface area contributed by atoms with E-state index in [0.717, 1.165) is 23.4 Å². The third-order valence-corrected chi connectivity index (χ3v) is 3.54. The number of carbonyl (C=O) groups is 1. The van der Waals surface area contributed by atoms with Gasteiger partial charge in [0, 0.05) is 31.0 Å². The van der Waals surface area contributed by atoms with Crippen molar-refractivity contribution in [3.8, 4) is 0 Å². The predicted molar refractivity (Wildman–Crippen MR) is 82.4 cm³/mol. The van der Waals surface area contributed by atoms with Crippen molar-refractivity contribution in [3.63, 3.8) is 0 Å². The number of aromatic nitrogens is 2. The van der Waals surface area contributed by atoms with E-state index in [4.69, 9.17) is 4.74 Å². The molecule has 0 aliphatic heterocycles. The number of nitrogens with zero attached hydrogens (tertiary/aromatic N) is 2. The van der Waals surface area contributed by atoms with Gasteiger partial charge in [-0.15, -0.1) is 0 Å². The van der Waals surface area contributed by atoms with E-state index in [-0.39, 0.29) is 5.97 Å². The molecule has 5 heteroatoms. The Balaban J connectivity index is 2.18. The molecule has 1 aromatic carbocycles. The Morgan fingerprint density at radius 1 is 1.43 bits per heavy atom. The number of ether oxygens (including phenoxy) is 1. The highest BCUT2D eigenvalue weighted by Gasteiger charge is 2.12. The summed E-state index contributed by atoms with van der Waals surface area (Å²) in [4.78, 5) is 11.7. The van der Waals surface area contributed by atoms with E-state index >= 15 is 0 Å². The number of anilines is 1. The van der Waals surface area contributed by atoms with E-state index in [1.807, 2.05) is 37.0 Å². The van der Waals surface area contributed by atoms with Crippen LogP contribution in [-0.4, -0.2) is 22.9 Å². The summed E-state index contributed by atoms with van der Waals surface area (Å²) in [5.74, 6) is -0.313. The molecule has 1 heterocycles. The lowest BCUT2D eigenvalue weighted by Gasteiger charge is -2.12. The number of benzene rings is 1. The lowest BCUT2D eigenvalue weighted by atomic mass is 10.1. The average molecular weight is 287 g/mol. The SMILES string of the molecule is CCc1nn(C)cc1CNc1cccc(C(=O)OC)c1C. The van der Waals surface area contributed by atoms with Gasteiger partial charge in [-0.3, -0.25) is 4.68 Å². The first-order valence-corrected chi connectivity index (χ1v) is 7.00. The number of nitrogens with one attached hydrogen (secondary N) is 1. The van der Waals surface area contributed by atoms with Crippen molar-refractivity contribution in [1.82, 2.24) is 9.78 Å². The van der Waals surface area contributed by atoms with Crippen LogP contribution in [0.1, 0.15) is 34.1 Å². The van der Waals surface area contributed by atoms with Crippen molar-refractivity contribution in [2.24, 2.45) is 7.05 Å². The second-order valence-corrected chi connectivity index (χ2v) is 4.95. The lowest BCUT2D eigenvalue weighted by Crippen LogP contribution is -2.08. The van der Waals surface area contributed by atoms with Crippen LogP contribution in [0.5, 0.6) is 0 Å². The van der Waals surface area contributed by atoms with Crippen LogP contribution in [-0.2, 0) is 24.8 Å². The van der Waals surface area contributed by atoms with Crippen molar-refractivity contribution < 1.29 is 9.53 Å². The molecule has 0 amide bonds. The van der Waals surface area contributed by atoms with Gasteiger partial charge in [0.25, 0.3) is 0 Å². The zero-order valence-corrected chi connectivity index (χ0v) is 12.9. The topological polar surface area (TPSA) is 56.2 Å². The molecule has 0 unspecified atom stereocenters. The van der Waals surface area contributed by atoms with Gasteiger partial charge in [0.2, 0.25) is 0 Å². The van der Waals surface area contributed by atoms with Gasteiger partial charge in [0.15, 0.2) is 0 Å². The number of hydrogen-bond donors (Lipinski definition) is 1. The summed E-state index contributed by atoms with van der Waals surface area (Å²) in [6.45, 7) is 4.69. The van der Waals surface area contributed by atoms with E-state index in [2.05, 4.69) is 17.3 Å². The van der Waals surface area contributed by atoms with E-state index < -0.39 is 0 Å². The molecule has 0 aliphatic carbocycles. The van der Waals surface area contributed by atoms with Crippen LogP contribution in [0.15, 0.2) is 24.4 Å². The minimum absolute atomic E-state index is 0.313. The van der Waals surface area contributed by atoms with Gasteiger partial charge >= 0.3 is 5.97 Å². The van der Waals surface area contributed by atoms with Gasteiger partial charge in [-0.05, 0) is 31.0 Å². The average Bonchev–Trinajstić information content (AvgIpc) is 2.85. The fourth-order valence-corrected chi connectivity index (χ4v) is 2.38. The summed E-state index contributed by atoms with van der Waals surface area (Å²) in [6, 6.07) is 5.59. The minimum Gasteiger partial charge on any atom is -0.465 e. The molecule has 0 spiro atoms. The predicted octanol–water partition coefficient (Wildman–Crippen LogP) is 2.69. The summed E-state index contributed by atoms with van der Waals surface area (Å²) >= 11 is 0. The maximum atomic E-state index is 11.7. The molecule has 1 aromatic heterocycles. The van der Waals surface area contributed by atoms with E-state index in [9.17, 15) is 4.79 Å². The highest BCUT2D eigenvalue weighted by Crippen LogP contribution is 2.21. The molecule has 0 saturated heterocycles. The smallest absolute Gasteiger partial charge is 0.338 e. The molecule has 0 radical (unpaired) electrons. The molecule has 0 atom stereocenters.